The molecule has 0 aliphatic rings. The highest BCUT2D eigenvalue weighted by Crippen LogP contribution is 2.23. The Bertz CT molecular complexity index is 370. The summed E-state index contributed by atoms with van der Waals surface area (Å²) in [7, 11) is 0. The van der Waals surface area contributed by atoms with Crippen LogP contribution in [0.15, 0.2) is 23.6 Å². The third-order valence-electron chi connectivity index (χ3n) is 2.00. The molecule has 1 rings (SSSR count). The summed E-state index contributed by atoms with van der Waals surface area (Å²) in [5.41, 5.74) is 2.03. The lowest BCUT2D eigenvalue weighted by atomic mass is 10.3. The van der Waals surface area contributed by atoms with Gasteiger partial charge in [0.15, 0.2) is 0 Å². The monoisotopic (exact) mass is 225 g/mol. The first-order chi connectivity index (χ1) is 7.04. The van der Waals surface area contributed by atoms with Gasteiger partial charge in [0, 0.05) is 24.2 Å². The molecule has 15 heavy (non-hydrogen) atoms. The maximum absolute atomic E-state index is 10.7. The lowest BCUT2D eigenvalue weighted by molar-refractivity contribution is 0.0702. The van der Waals surface area contributed by atoms with Gasteiger partial charge in [-0.15, -0.1) is 11.3 Å². The summed E-state index contributed by atoms with van der Waals surface area (Å²) in [4.78, 5) is 13.2. The van der Waals surface area contributed by atoms with Crippen LogP contribution in [0, 0.1) is 0 Å². The van der Waals surface area contributed by atoms with E-state index in [1.807, 2.05) is 19.2 Å². The fraction of sp³-hybridized carbons (Fsp3) is 0.364. The van der Waals surface area contributed by atoms with Gasteiger partial charge in [-0.3, -0.25) is 0 Å². The Hall–Kier alpha value is -1.29. The molecule has 1 N–H and O–H groups in total. The predicted molar refractivity (Wildman–Crippen MR) is 64.0 cm³/mol. The summed E-state index contributed by atoms with van der Waals surface area (Å²) < 4.78 is 0. The molecule has 82 valence electrons. The van der Waals surface area contributed by atoms with Crippen molar-refractivity contribution in [3.05, 3.63) is 28.5 Å². The van der Waals surface area contributed by atoms with Crippen LogP contribution >= 0.6 is 11.3 Å². The van der Waals surface area contributed by atoms with Crippen molar-refractivity contribution in [1.82, 2.24) is 0 Å². The van der Waals surface area contributed by atoms with Crippen molar-refractivity contribution in [2.45, 2.75) is 13.8 Å². The van der Waals surface area contributed by atoms with E-state index in [9.17, 15) is 4.79 Å². The highest BCUT2D eigenvalue weighted by molar-refractivity contribution is 7.12. The van der Waals surface area contributed by atoms with E-state index in [0.29, 0.717) is 4.88 Å². The number of aromatic carboxylic acids is 1. The fourth-order valence-corrected chi connectivity index (χ4v) is 2.07. The molecular weight excluding hydrogens is 210 g/mol. The van der Waals surface area contributed by atoms with Gasteiger partial charge >= 0.3 is 5.97 Å². The molecular formula is C11H15NO2S. The van der Waals surface area contributed by atoms with Crippen LogP contribution in [0.5, 0.6) is 0 Å². The Morgan fingerprint density at radius 3 is 2.73 bits per heavy atom. The number of likely N-dealkylation sites (N-methyl/N-ethyl adjacent to an activating group) is 1. The summed E-state index contributed by atoms with van der Waals surface area (Å²) >= 11 is 1.26. The molecule has 1 aromatic rings. The van der Waals surface area contributed by atoms with Gasteiger partial charge in [-0.1, -0.05) is 12.2 Å². The highest BCUT2D eigenvalue weighted by atomic mass is 32.1. The van der Waals surface area contributed by atoms with Gasteiger partial charge < -0.3 is 10.0 Å². The second-order valence-corrected chi connectivity index (χ2v) is 4.36. The summed E-state index contributed by atoms with van der Waals surface area (Å²) in [5, 5.41) is 10.7. The maximum atomic E-state index is 10.7. The first-order valence-electron chi connectivity index (χ1n) is 4.75. The number of anilines is 1. The van der Waals surface area contributed by atoms with Gasteiger partial charge in [0.05, 0.1) is 0 Å². The standard InChI is InChI=1S/C11H15NO2S/c1-4-12(6-8(2)3)9-5-10(11(13)14)15-7-9/h5,7H,2,4,6H2,1,3H3,(H,13,14). The van der Waals surface area contributed by atoms with Crippen molar-refractivity contribution in [3.63, 3.8) is 0 Å². The first kappa shape index (κ1) is 11.8. The van der Waals surface area contributed by atoms with Crippen molar-refractivity contribution in [1.29, 1.82) is 0 Å². The largest absolute Gasteiger partial charge is 0.477 e. The number of hydrogen-bond donors (Lipinski definition) is 1. The molecule has 0 saturated heterocycles. The number of carboxylic acid groups (broad SMARTS) is 1. The second-order valence-electron chi connectivity index (χ2n) is 3.45. The zero-order chi connectivity index (χ0) is 11.4. The topological polar surface area (TPSA) is 40.5 Å². The molecule has 0 aromatic carbocycles. The molecule has 0 unspecified atom stereocenters. The Kier molecular flexibility index (Phi) is 3.91. The Morgan fingerprint density at radius 2 is 2.33 bits per heavy atom. The fourth-order valence-electron chi connectivity index (χ4n) is 1.32. The highest BCUT2D eigenvalue weighted by Gasteiger charge is 2.10. The van der Waals surface area contributed by atoms with Gasteiger partial charge in [-0.05, 0) is 19.9 Å². The van der Waals surface area contributed by atoms with Crippen LogP contribution in [0.3, 0.4) is 0 Å². The van der Waals surface area contributed by atoms with Crippen molar-refractivity contribution < 1.29 is 9.90 Å². The van der Waals surface area contributed by atoms with Crippen LogP contribution in [0.2, 0.25) is 0 Å². The number of thiophene rings is 1. The molecule has 0 aliphatic heterocycles. The van der Waals surface area contributed by atoms with Crippen LogP contribution in [0.4, 0.5) is 5.69 Å². The molecule has 3 nitrogen and oxygen atoms in total. The third-order valence-corrected chi connectivity index (χ3v) is 2.91. The third kappa shape index (κ3) is 3.09. The van der Waals surface area contributed by atoms with Crippen molar-refractivity contribution >= 4 is 23.0 Å². The van der Waals surface area contributed by atoms with Crippen LogP contribution in [-0.4, -0.2) is 24.2 Å². The van der Waals surface area contributed by atoms with E-state index in [4.69, 9.17) is 5.11 Å². The minimum Gasteiger partial charge on any atom is -0.477 e. The molecule has 0 saturated carbocycles. The molecule has 1 heterocycles. The smallest absolute Gasteiger partial charge is 0.345 e. The van der Waals surface area contributed by atoms with Gasteiger partial charge in [0.1, 0.15) is 4.88 Å². The average molecular weight is 225 g/mol. The number of hydrogen-bond acceptors (Lipinski definition) is 3. The lowest BCUT2D eigenvalue weighted by Crippen LogP contribution is -2.23. The van der Waals surface area contributed by atoms with Crippen LogP contribution in [0.25, 0.3) is 0 Å². The molecule has 0 spiro atoms. The van der Waals surface area contributed by atoms with Crippen molar-refractivity contribution in [3.8, 4) is 0 Å². The van der Waals surface area contributed by atoms with E-state index >= 15 is 0 Å². The average Bonchev–Trinajstić information content (AvgIpc) is 2.62. The van der Waals surface area contributed by atoms with E-state index in [-0.39, 0.29) is 0 Å². The number of carbonyl (C=O) groups is 1. The zero-order valence-electron chi connectivity index (χ0n) is 8.99. The summed E-state index contributed by atoms with van der Waals surface area (Å²) in [6.45, 7) is 9.48. The number of nitrogens with zero attached hydrogens (tertiary/aromatic N) is 1. The Balaban J connectivity index is 2.83. The number of carboxylic acids is 1. The molecule has 0 fully saturated rings. The Morgan fingerprint density at radius 1 is 1.67 bits per heavy atom. The minimum absolute atomic E-state index is 0.380. The molecule has 1 aromatic heterocycles. The van der Waals surface area contributed by atoms with E-state index in [1.54, 1.807) is 6.07 Å². The van der Waals surface area contributed by atoms with Crippen molar-refractivity contribution in [2.75, 3.05) is 18.0 Å². The maximum Gasteiger partial charge on any atom is 0.345 e. The molecule has 0 radical (unpaired) electrons. The molecule has 0 bridgehead atoms. The van der Waals surface area contributed by atoms with Crippen molar-refractivity contribution in [2.24, 2.45) is 0 Å². The van der Waals surface area contributed by atoms with Crippen LogP contribution < -0.4 is 4.90 Å². The lowest BCUT2D eigenvalue weighted by Gasteiger charge is -2.21. The van der Waals surface area contributed by atoms with Crippen LogP contribution in [0.1, 0.15) is 23.5 Å². The molecule has 0 aliphatic carbocycles. The minimum atomic E-state index is -0.863. The SMILES string of the molecule is C=C(C)CN(CC)c1csc(C(=O)O)c1. The summed E-state index contributed by atoms with van der Waals surface area (Å²) in [5.74, 6) is -0.863. The summed E-state index contributed by atoms with van der Waals surface area (Å²) in [6.07, 6.45) is 0. The van der Waals surface area contributed by atoms with Gasteiger partial charge in [-0.25, -0.2) is 4.79 Å². The zero-order valence-corrected chi connectivity index (χ0v) is 9.80. The first-order valence-corrected chi connectivity index (χ1v) is 5.63. The van der Waals surface area contributed by atoms with E-state index in [0.717, 1.165) is 24.4 Å². The number of rotatable bonds is 5. The quantitative estimate of drug-likeness (QED) is 0.783. The van der Waals surface area contributed by atoms with E-state index < -0.39 is 5.97 Å². The molecule has 4 heteroatoms. The van der Waals surface area contributed by atoms with Gasteiger partial charge in [0.25, 0.3) is 0 Å². The molecule has 0 amide bonds. The normalized spacial score (nSPS) is 10.0. The predicted octanol–water partition coefficient (Wildman–Crippen LogP) is 2.85. The second kappa shape index (κ2) is 4.98. The van der Waals surface area contributed by atoms with Gasteiger partial charge in [0.2, 0.25) is 0 Å². The van der Waals surface area contributed by atoms with Gasteiger partial charge in [-0.2, -0.15) is 0 Å². The van der Waals surface area contributed by atoms with Crippen LogP contribution in [-0.2, 0) is 0 Å². The van der Waals surface area contributed by atoms with E-state index in [2.05, 4.69) is 11.5 Å². The Labute approximate surface area is 93.7 Å². The van der Waals surface area contributed by atoms with E-state index in [1.165, 1.54) is 11.3 Å². The molecule has 0 atom stereocenters. The summed E-state index contributed by atoms with van der Waals surface area (Å²) in [6, 6.07) is 1.71.